The Morgan fingerprint density at radius 1 is 0.395 bits per heavy atom. The van der Waals surface area contributed by atoms with Gasteiger partial charge in [0, 0.05) is 6.42 Å². The minimum atomic E-state index is 1.23. The lowest BCUT2D eigenvalue weighted by Crippen LogP contribution is -2.37. The maximum Gasteiger partial charge on any atom is 0.256 e. The van der Waals surface area contributed by atoms with Crippen LogP contribution in [0, 0.1) is 0 Å². The van der Waals surface area contributed by atoms with Gasteiger partial charge in [-0.3, -0.25) is 0 Å². The molecule has 0 radical (unpaired) electrons. The van der Waals surface area contributed by atoms with Crippen LogP contribution in [-0.2, 0) is 19.5 Å². The normalized spacial score (nSPS) is 11.6. The Kier molecular flexibility index (Phi) is 30.5. The van der Waals surface area contributed by atoms with E-state index in [4.69, 9.17) is 0 Å². The Bertz CT molecular complexity index is 663. The molecule has 0 aliphatic heterocycles. The zero-order chi connectivity index (χ0) is 30.9. The summed E-state index contributed by atoms with van der Waals surface area (Å²) in [6.07, 6.45) is 51.9. The molecule has 0 fully saturated rings. The molecule has 0 bridgehead atoms. The van der Waals surface area contributed by atoms with Crippen molar-refractivity contribution < 1.29 is 4.57 Å². The third kappa shape index (κ3) is 25.1. The van der Waals surface area contributed by atoms with Crippen LogP contribution in [0.3, 0.4) is 0 Å². The van der Waals surface area contributed by atoms with Crippen molar-refractivity contribution in [3.8, 4) is 0 Å². The first-order valence-electron chi connectivity index (χ1n) is 20.4. The molecule has 43 heavy (non-hydrogen) atoms. The highest BCUT2D eigenvalue weighted by Crippen LogP contribution is 2.15. The van der Waals surface area contributed by atoms with Crippen molar-refractivity contribution in [3.63, 3.8) is 0 Å². The fraction of sp³-hybridized carbons (Fsp3) is 0.927. The van der Waals surface area contributed by atoms with E-state index in [1.807, 2.05) is 0 Å². The first-order chi connectivity index (χ1) is 21.3. The second-order valence-corrected chi connectivity index (χ2v) is 14.1. The molecule has 2 heteroatoms. The highest BCUT2D eigenvalue weighted by Gasteiger charge is 2.16. The number of hydrogen-bond donors (Lipinski definition) is 0. The minimum Gasteiger partial charge on any atom is -0.234 e. The molecular weight excluding hydrogens is 520 g/mol. The highest BCUT2D eigenvalue weighted by molar-refractivity contribution is 4.84. The molecular formula is C41H81N2+. The van der Waals surface area contributed by atoms with Crippen molar-refractivity contribution in [1.82, 2.24) is 4.57 Å². The van der Waals surface area contributed by atoms with Crippen molar-refractivity contribution in [2.45, 2.75) is 246 Å². The molecule has 0 unspecified atom stereocenters. The smallest absolute Gasteiger partial charge is 0.234 e. The molecule has 0 aliphatic carbocycles. The second kappa shape index (κ2) is 32.6. The van der Waals surface area contributed by atoms with Gasteiger partial charge in [-0.2, -0.15) is 0 Å². The van der Waals surface area contributed by atoms with E-state index in [0.717, 1.165) is 0 Å². The molecule has 0 saturated carbocycles. The van der Waals surface area contributed by atoms with Crippen LogP contribution in [0.4, 0.5) is 0 Å². The molecule has 0 atom stereocenters. The second-order valence-electron chi connectivity index (χ2n) is 14.1. The Morgan fingerprint density at radius 2 is 0.721 bits per heavy atom. The lowest BCUT2D eigenvalue weighted by atomic mass is 10.0. The zero-order valence-corrected chi connectivity index (χ0v) is 30.3. The Balaban J connectivity index is 2.12. The van der Waals surface area contributed by atoms with Crippen LogP contribution in [0.15, 0.2) is 12.4 Å². The van der Waals surface area contributed by atoms with E-state index in [-0.39, 0.29) is 0 Å². The molecule has 254 valence electrons. The molecule has 1 rings (SSSR count). The van der Waals surface area contributed by atoms with E-state index < -0.39 is 0 Å². The first-order valence-corrected chi connectivity index (χ1v) is 20.4. The summed E-state index contributed by atoms with van der Waals surface area (Å²) in [4.78, 5) is 0. The zero-order valence-electron chi connectivity index (χ0n) is 30.3. The Hall–Kier alpha value is -0.790. The molecule has 0 spiro atoms. The SMILES string of the molecule is CCCCCCCCCCCCCCCCCCC[n+]1ccn(CCCCCCCCCCCCC)c1CCCCCC. The number of aryl methyl sites for hydroxylation is 2. The predicted molar refractivity (Wildman–Crippen MR) is 193 cm³/mol. The van der Waals surface area contributed by atoms with Gasteiger partial charge in [-0.15, -0.1) is 0 Å². The van der Waals surface area contributed by atoms with Gasteiger partial charge in [0.1, 0.15) is 12.4 Å². The summed E-state index contributed by atoms with van der Waals surface area (Å²) in [6, 6.07) is 0. The Labute approximate surface area is 272 Å². The van der Waals surface area contributed by atoms with Crippen molar-refractivity contribution in [2.75, 3.05) is 0 Å². The molecule has 0 aliphatic rings. The maximum absolute atomic E-state index is 2.62. The third-order valence-corrected chi connectivity index (χ3v) is 9.85. The van der Waals surface area contributed by atoms with E-state index in [9.17, 15) is 0 Å². The fourth-order valence-corrected chi connectivity index (χ4v) is 6.86. The van der Waals surface area contributed by atoms with Gasteiger partial charge in [-0.1, -0.05) is 194 Å². The third-order valence-electron chi connectivity index (χ3n) is 9.85. The molecule has 0 amide bonds. The minimum absolute atomic E-state index is 1.23. The van der Waals surface area contributed by atoms with E-state index in [1.54, 1.807) is 5.82 Å². The molecule has 1 heterocycles. The average molecular weight is 602 g/mol. The molecule has 2 nitrogen and oxygen atoms in total. The number of rotatable bonds is 35. The molecule has 1 aromatic rings. The van der Waals surface area contributed by atoms with Crippen LogP contribution in [-0.4, -0.2) is 4.57 Å². The van der Waals surface area contributed by atoms with Crippen molar-refractivity contribution in [1.29, 1.82) is 0 Å². The monoisotopic (exact) mass is 602 g/mol. The van der Waals surface area contributed by atoms with Gasteiger partial charge < -0.3 is 0 Å². The lowest BCUT2D eigenvalue weighted by molar-refractivity contribution is -0.704. The molecule has 1 aromatic heterocycles. The van der Waals surface area contributed by atoms with E-state index in [2.05, 4.69) is 42.3 Å². The van der Waals surface area contributed by atoms with Gasteiger partial charge in [0.2, 0.25) is 0 Å². The van der Waals surface area contributed by atoms with Crippen molar-refractivity contribution in [2.24, 2.45) is 0 Å². The lowest BCUT2D eigenvalue weighted by Gasteiger charge is -2.07. The van der Waals surface area contributed by atoms with Crippen molar-refractivity contribution in [3.05, 3.63) is 18.2 Å². The van der Waals surface area contributed by atoms with Gasteiger partial charge >= 0.3 is 0 Å². The number of nitrogens with zero attached hydrogens (tertiary/aromatic N) is 2. The predicted octanol–water partition coefficient (Wildman–Crippen LogP) is 13.9. The van der Waals surface area contributed by atoms with Crippen LogP contribution in [0.5, 0.6) is 0 Å². The van der Waals surface area contributed by atoms with Crippen molar-refractivity contribution >= 4 is 0 Å². The molecule has 0 N–H and O–H groups in total. The highest BCUT2D eigenvalue weighted by atomic mass is 15.1. The molecule has 0 aromatic carbocycles. The number of imidazole rings is 1. The van der Waals surface area contributed by atoms with Gasteiger partial charge in [0.05, 0.1) is 13.1 Å². The fourth-order valence-electron chi connectivity index (χ4n) is 6.86. The van der Waals surface area contributed by atoms with Gasteiger partial charge in [0.25, 0.3) is 5.82 Å². The average Bonchev–Trinajstić information content (AvgIpc) is 3.40. The summed E-state index contributed by atoms with van der Waals surface area (Å²) < 4.78 is 5.24. The quantitative estimate of drug-likeness (QED) is 0.0540. The van der Waals surface area contributed by atoms with Gasteiger partial charge in [-0.25, -0.2) is 9.13 Å². The van der Waals surface area contributed by atoms with Crippen LogP contribution in [0.25, 0.3) is 0 Å². The number of aromatic nitrogens is 2. The van der Waals surface area contributed by atoms with Gasteiger partial charge in [-0.05, 0) is 32.1 Å². The molecule has 0 saturated heterocycles. The summed E-state index contributed by atoms with van der Waals surface area (Å²) in [7, 11) is 0. The van der Waals surface area contributed by atoms with Crippen LogP contribution < -0.4 is 4.57 Å². The maximum atomic E-state index is 2.62. The van der Waals surface area contributed by atoms with Crippen LogP contribution >= 0.6 is 0 Å². The van der Waals surface area contributed by atoms with E-state index in [1.165, 1.54) is 225 Å². The van der Waals surface area contributed by atoms with E-state index in [0.29, 0.717) is 0 Å². The van der Waals surface area contributed by atoms with Crippen LogP contribution in [0.2, 0.25) is 0 Å². The summed E-state index contributed by atoms with van der Waals surface area (Å²) >= 11 is 0. The largest absolute Gasteiger partial charge is 0.256 e. The standard InChI is InChI=1S/C41H81N2/c1-4-7-10-13-15-17-19-20-21-22-23-24-26-28-30-32-35-38-43-40-39-42(41(43)36-33-12-9-6-3)37-34-31-29-27-25-18-16-14-11-8-5-2/h39-40H,4-38H2,1-3H3/q+1. The van der Waals surface area contributed by atoms with Crippen LogP contribution in [0.1, 0.15) is 232 Å². The topological polar surface area (TPSA) is 8.81 Å². The first kappa shape index (κ1) is 40.2. The summed E-state index contributed by atoms with van der Waals surface area (Å²) in [6.45, 7) is 9.40. The Morgan fingerprint density at radius 3 is 1.12 bits per heavy atom. The number of unbranched alkanes of at least 4 members (excludes halogenated alkanes) is 29. The summed E-state index contributed by atoms with van der Waals surface area (Å²) in [5.74, 6) is 1.61. The summed E-state index contributed by atoms with van der Waals surface area (Å²) in [5.41, 5.74) is 0. The summed E-state index contributed by atoms with van der Waals surface area (Å²) in [5, 5.41) is 0. The van der Waals surface area contributed by atoms with E-state index >= 15 is 0 Å². The van der Waals surface area contributed by atoms with Gasteiger partial charge in [0.15, 0.2) is 0 Å². The number of hydrogen-bond acceptors (Lipinski definition) is 0.